The van der Waals surface area contributed by atoms with Gasteiger partial charge in [-0.15, -0.1) is 0 Å². The first kappa shape index (κ1) is 19.4. The molecule has 0 bridgehead atoms. The Balaban J connectivity index is 1.69. The summed E-state index contributed by atoms with van der Waals surface area (Å²) in [5, 5.41) is 34.5. The van der Waals surface area contributed by atoms with E-state index in [0.29, 0.717) is 0 Å². The minimum Gasteiger partial charge on any atom is -0.394 e. The van der Waals surface area contributed by atoms with Crippen molar-refractivity contribution in [3.8, 4) is 0 Å². The highest BCUT2D eigenvalue weighted by Gasteiger charge is 2.34. The van der Waals surface area contributed by atoms with Crippen LogP contribution in [-0.4, -0.2) is 49.5 Å². The van der Waals surface area contributed by atoms with Crippen LogP contribution in [0, 0.1) is 10.1 Å². The number of benzene rings is 1. The lowest BCUT2D eigenvalue weighted by Crippen LogP contribution is -2.29. The van der Waals surface area contributed by atoms with E-state index in [1.807, 2.05) is 0 Å². The molecule has 12 heteroatoms. The van der Waals surface area contributed by atoms with Crippen molar-refractivity contribution >= 4 is 23.2 Å². The molecule has 0 unspecified atom stereocenters. The second-order valence-electron chi connectivity index (χ2n) is 5.97. The van der Waals surface area contributed by atoms with Gasteiger partial charge >= 0.3 is 11.7 Å². The number of hydrogen-bond donors (Lipinski definition) is 4. The van der Waals surface area contributed by atoms with E-state index in [2.05, 4.69) is 15.6 Å². The van der Waals surface area contributed by atoms with E-state index in [9.17, 15) is 24.8 Å². The predicted molar refractivity (Wildman–Crippen MR) is 95.9 cm³/mol. The highest BCUT2D eigenvalue weighted by molar-refractivity contribution is 6.00. The summed E-state index contributed by atoms with van der Waals surface area (Å²) in [6.45, 7) is -0.384. The first-order valence-corrected chi connectivity index (χ1v) is 8.24. The number of anilines is 2. The third-order valence-electron chi connectivity index (χ3n) is 4.11. The minimum atomic E-state index is -0.910. The van der Waals surface area contributed by atoms with Crippen LogP contribution in [0.3, 0.4) is 0 Å². The van der Waals surface area contributed by atoms with Gasteiger partial charge in [0.25, 0.3) is 5.69 Å². The van der Waals surface area contributed by atoms with Crippen LogP contribution in [0.5, 0.6) is 0 Å². The van der Waals surface area contributed by atoms with Crippen LogP contribution in [0.1, 0.15) is 12.6 Å². The number of nitrogens with one attached hydrogen (secondary N) is 2. The molecule has 28 heavy (non-hydrogen) atoms. The second-order valence-corrected chi connectivity index (χ2v) is 5.97. The third-order valence-corrected chi connectivity index (χ3v) is 4.11. The van der Waals surface area contributed by atoms with Crippen molar-refractivity contribution in [2.24, 2.45) is 0 Å². The predicted octanol–water partition coefficient (Wildman–Crippen LogP) is 0.436. The van der Waals surface area contributed by atoms with Crippen LogP contribution in [-0.2, 0) is 4.74 Å². The molecule has 1 fully saturated rings. The van der Waals surface area contributed by atoms with Crippen molar-refractivity contribution in [3.63, 3.8) is 0 Å². The molecule has 2 aromatic rings. The van der Waals surface area contributed by atoms with E-state index in [4.69, 9.17) is 9.84 Å². The molecule has 1 aliphatic rings. The zero-order valence-electron chi connectivity index (χ0n) is 14.4. The van der Waals surface area contributed by atoms with Crippen LogP contribution in [0.4, 0.5) is 22.0 Å². The highest BCUT2D eigenvalue weighted by Crippen LogP contribution is 2.27. The summed E-state index contributed by atoms with van der Waals surface area (Å²) in [6, 6.07) is 6.12. The van der Waals surface area contributed by atoms with E-state index in [1.165, 1.54) is 36.5 Å². The number of ether oxygens (including phenoxy) is 1. The first-order valence-electron chi connectivity index (χ1n) is 8.24. The fourth-order valence-electron chi connectivity index (χ4n) is 2.76. The molecule has 0 aliphatic carbocycles. The SMILES string of the molecule is O=C(Nc1ccn([C@H]2C[C@H](O)[C@@H](CO)O2)c(=O)n1)Nc1ccccc1[N+](=O)[O-]. The average molecular weight is 391 g/mol. The Morgan fingerprint density at radius 3 is 2.75 bits per heavy atom. The van der Waals surface area contributed by atoms with Gasteiger partial charge in [-0.25, -0.2) is 9.59 Å². The minimum absolute atomic E-state index is 0.0123. The maximum atomic E-state index is 12.2. The van der Waals surface area contributed by atoms with E-state index in [0.717, 1.165) is 4.57 Å². The zero-order valence-corrected chi connectivity index (χ0v) is 14.4. The molecule has 0 spiro atoms. The normalized spacial score (nSPS) is 21.3. The number of rotatable bonds is 5. The van der Waals surface area contributed by atoms with E-state index < -0.39 is 35.1 Å². The number of amides is 2. The number of nitrogens with zero attached hydrogens (tertiary/aromatic N) is 3. The molecule has 2 amide bonds. The van der Waals surface area contributed by atoms with Gasteiger partial charge in [0, 0.05) is 18.7 Å². The van der Waals surface area contributed by atoms with E-state index in [-0.39, 0.29) is 30.2 Å². The van der Waals surface area contributed by atoms with Gasteiger partial charge in [0.1, 0.15) is 23.8 Å². The van der Waals surface area contributed by atoms with Crippen LogP contribution >= 0.6 is 0 Å². The molecule has 12 nitrogen and oxygen atoms in total. The highest BCUT2D eigenvalue weighted by atomic mass is 16.6. The maximum Gasteiger partial charge on any atom is 0.351 e. The molecule has 1 aromatic heterocycles. The van der Waals surface area contributed by atoms with Crippen molar-refractivity contribution in [2.45, 2.75) is 24.9 Å². The summed E-state index contributed by atoms with van der Waals surface area (Å²) < 4.78 is 6.51. The number of aromatic nitrogens is 2. The van der Waals surface area contributed by atoms with Crippen LogP contribution in [0.15, 0.2) is 41.3 Å². The van der Waals surface area contributed by atoms with Crippen molar-refractivity contribution < 1.29 is 24.7 Å². The van der Waals surface area contributed by atoms with Crippen molar-refractivity contribution in [2.75, 3.05) is 17.2 Å². The van der Waals surface area contributed by atoms with Crippen molar-refractivity contribution in [1.82, 2.24) is 9.55 Å². The molecule has 1 saturated heterocycles. The number of hydrogen-bond acceptors (Lipinski definition) is 8. The lowest BCUT2D eigenvalue weighted by molar-refractivity contribution is -0.383. The second kappa shape index (κ2) is 8.12. The Morgan fingerprint density at radius 2 is 2.11 bits per heavy atom. The molecule has 4 N–H and O–H groups in total. The van der Waals surface area contributed by atoms with E-state index in [1.54, 1.807) is 0 Å². The molecule has 148 valence electrons. The molecule has 1 aliphatic heterocycles. The average Bonchev–Trinajstić information content (AvgIpc) is 3.02. The summed E-state index contributed by atoms with van der Waals surface area (Å²) in [4.78, 5) is 38.3. The fraction of sp³-hybridized carbons (Fsp3) is 0.312. The van der Waals surface area contributed by atoms with Gasteiger partial charge in [-0.2, -0.15) is 4.98 Å². The maximum absolute atomic E-state index is 12.2. The molecule has 1 aromatic carbocycles. The van der Waals surface area contributed by atoms with Gasteiger partial charge in [0.2, 0.25) is 0 Å². The largest absolute Gasteiger partial charge is 0.394 e. The molecular formula is C16H17N5O7. The van der Waals surface area contributed by atoms with Crippen molar-refractivity contribution in [1.29, 1.82) is 0 Å². The molecule has 0 saturated carbocycles. The monoisotopic (exact) mass is 391 g/mol. The van der Waals surface area contributed by atoms with Crippen molar-refractivity contribution in [3.05, 3.63) is 57.1 Å². The summed E-state index contributed by atoms with van der Waals surface area (Å²) in [6.07, 6.45) is -1.05. The molecule has 3 atom stereocenters. The number of para-hydroxylation sites is 2. The standard InChI is InChI=1S/C16H17N5O7/c22-8-12-11(23)7-14(28-12)20-6-5-13(19-16(20)25)18-15(24)17-9-3-1-2-4-10(9)21(26)27/h1-6,11-12,14,22-23H,7-8H2,(H2,17,18,19,24,25)/t11-,12+,14+/m0/s1. The summed E-state index contributed by atoms with van der Waals surface area (Å²) in [5.74, 6) is -0.0745. The van der Waals surface area contributed by atoms with Gasteiger partial charge in [0.05, 0.1) is 17.6 Å². The Morgan fingerprint density at radius 1 is 1.36 bits per heavy atom. The first-order chi connectivity index (χ1) is 13.4. The molecular weight excluding hydrogens is 374 g/mol. The molecule has 3 rings (SSSR count). The number of aliphatic hydroxyl groups is 2. The lowest BCUT2D eigenvalue weighted by atomic mass is 10.2. The van der Waals surface area contributed by atoms with E-state index >= 15 is 0 Å². The van der Waals surface area contributed by atoms with Gasteiger partial charge in [-0.3, -0.25) is 20.0 Å². The summed E-state index contributed by atoms with van der Waals surface area (Å²) in [5.41, 5.74) is -1.03. The molecule has 2 heterocycles. The Bertz CT molecular complexity index is 947. The van der Waals surface area contributed by atoms with Gasteiger partial charge in [-0.05, 0) is 12.1 Å². The number of urea groups is 1. The third kappa shape index (κ3) is 4.14. The van der Waals surface area contributed by atoms with Gasteiger partial charge < -0.3 is 20.3 Å². The van der Waals surface area contributed by atoms with Crippen LogP contribution in [0.25, 0.3) is 0 Å². The summed E-state index contributed by atoms with van der Waals surface area (Å²) >= 11 is 0. The zero-order chi connectivity index (χ0) is 20.3. The number of nitro benzene ring substituents is 1. The quantitative estimate of drug-likeness (QED) is 0.420. The number of carbonyl (C=O) groups is 1. The summed E-state index contributed by atoms with van der Waals surface area (Å²) in [7, 11) is 0. The smallest absolute Gasteiger partial charge is 0.351 e. The number of aliphatic hydroxyl groups excluding tert-OH is 2. The van der Waals surface area contributed by atoms with Gasteiger partial charge in [0.15, 0.2) is 0 Å². The van der Waals surface area contributed by atoms with Crippen LogP contribution in [0.2, 0.25) is 0 Å². The van der Waals surface area contributed by atoms with Crippen LogP contribution < -0.4 is 16.3 Å². The lowest BCUT2D eigenvalue weighted by Gasteiger charge is -2.14. The topological polar surface area (TPSA) is 169 Å². The Kier molecular flexibility index (Phi) is 5.63. The fourth-order valence-corrected chi connectivity index (χ4v) is 2.76. The van der Waals surface area contributed by atoms with Gasteiger partial charge in [-0.1, -0.05) is 12.1 Å². The Labute approximate surface area is 157 Å². The Hall–Kier alpha value is -3.35. The number of carbonyl (C=O) groups excluding carboxylic acids is 1. The number of nitro groups is 1. The molecule has 0 radical (unpaired) electrons.